The first-order valence-electron chi connectivity index (χ1n) is 11.4. The fourth-order valence-corrected chi connectivity index (χ4v) is 4.35. The Morgan fingerprint density at radius 1 is 1.19 bits per heavy atom. The van der Waals surface area contributed by atoms with Crippen molar-refractivity contribution in [2.75, 3.05) is 11.9 Å². The van der Waals surface area contributed by atoms with E-state index in [1.54, 1.807) is 0 Å². The Bertz CT molecular complexity index is 1030. The van der Waals surface area contributed by atoms with Crippen LogP contribution in [0.3, 0.4) is 0 Å². The molecule has 0 radical (unpaired) electrons. The number of amides is 1. The molecular formula is C26H33N3O2. The minimum absolute atomic E-state index is 0.117. The molecule has 0 spiro atoms. The lowest BCUT2D eigenvalue weighted by Crippen LogP contribution is -2.32. The number of benzene rings is 2. The molecule has 31 heavy (non-hydrogen) atoms. The zero-order valence-electron chi connectivity index (χ0n) is 18.7. The van der Waals surface area contributed by atoms with Crippen LogP contribution in [0.15, 0.2) is 48.5 Å². The van der Waals surface area contributed by atoms with Gasteiger partial charge in [-0.3, -0.25) is 4.79 Å². The average molecular weight is 420 g/mol. The third kappa shape index (κ3) is 5.10. The lowest BCUT2D eigenvalue weighted by atomic mass is 9.86. The SMILES string of the molecule is CCC(Oc1ccccc1)C(=O)Nc1ccc2[nH]c3c(c2c1)CC(CNC(C)C)CC3. The number of ether oxygens (including phenoxy) is 1. The zero-order chi connectivity index (χ0) is 21.8. The van der Waals surface area contributed by atoms with Crippen LogP contribution in [-0.4, -0.2) is 29.6 Å². The molecule has 1 heterocycles. The molecule has 3 aromatic rings. The fourth-order valence-electron chi connectivity index (χ4n) is 4.35. The summed E-state index contributed by atoms with van der Waals surface area (Å²) in [4.78, 5) is 16.5. The van der Waals surface area contributed by atoms with E-state index in [0.717, 1.165) is 30.6 Å². The van der Waals surface area contributed by atoms with Crippen LogP contribution in [0.5, 0.6) is 5.75 Å². The second-order valence-electron chi connectivity index (χ2n) is 8.83. The lowest BCUT2D eigenvalue weighted by Gasteiger charge is -2.24. The second kappa shape index (κ2) is 9.56. The Labute approximate surface area is 184 Å². The molecule has 3 N–H and O–H groups in total. The molecule has 0 saturated carbocycles. The number of nitrogens with one attached hydrogen (secondary N) is 3. The van der Waals surface area contributed by atoms with Crippen LogP contribution in [0.2, 0.25) is 0 Å². The Hall–Kier alpha value is -2.79. The molecule has 4 rings (SSSR count). The molecule has 2 unspecified atom stereocenters. The maximum absolute atomic E-state index is 12.9. The van der Waals surface area contributed by atoms with Gasteiger partial charge in [-0.25, -0.2) is 0 Å². The molecule has 0 aliphatic heterocycles. The van der Waals surface area contributed by atoms with Gasteiger partial charge in [0, 0.05) is 28.3 Å². The third-order valence-corrected chi connectivity index (χ3v) is 6.06. The summed E-state index contributed by atoms with van der Waals surface area (Å²) in [5, 5.41) is 7.87. The number of rotatable bonds is 8. The van der Waals surface area contributed by atoms with Crippen LogP contribution in [0.1, 0.15) is 44.9 Å². The van der Waals surface area contributed by atoms with Crippen molar-refractivity contribution in [2.45, 2.75) is 58.6 Å². The van der Waals surface area contributed by atoms with Crippen molar-refractivity contribution in [1.82, 2.24) is 10.3 Å². The molecule has 0 bridgehead atoms. The van der Waals surface area contributed by atoms with Gasteiger partial charge in [-0.15, -0.1) is 0 Å². The molecular weight excluding hydrogens is 386 g/mol. The molecule has 0 fully saturated rings. The van der Waals surface area contributed by atoms with Crippen molar-refractivity contribution >= 4 is 22.5 Å². The topological polar surface area (TPSA) is 66.1 Å². The number of hydrogen-bond donors (Lipinski definition) is 3. The third-order valence-electron chi connectivity index (χ3n) is 6.06. The number of aromatic nitrogens is 1. The Morgan fingerprint density at radius 2 is 2.00 bits per heavy atom. The van der Waals surface area contributed by atoms with E-state index in [4.69, 9.17) is 4.74 Å². The van der Waals surface area contributed by atoms with Crippen molar-refractivity contribution < 1.29 is 9.53 Å². The summed E-state index contributed by atoms with van der Waals surface area (Å²) in [7, 11) is 0. The van der Waals surface area contributed by atoms with Crippen molar-refractivity contribution in [1.29, 1.82) is 0 Å². The first kappa shape index (κ1) is 21.4. The maximum Gasteiger partial charge on any atom is 0.265 e. The monoisotopic (exact) mass is 419 g/mol. The van der Waals surface area contributed by atoms with Crippen LogP contribution in [-0.2, 0) is 17.6 Å². The molecule has 0 saturated heterocycles. The zero-order valence-corrected chi connectivity index (χ0v) is 18.7. The second-order valence-corrected chi connectivity index (χ2v) is 8.83. The van der Waals surface area contributed by atoms with Gasteiger partial charge in [0.25, 0.3) is 5.91 Å². The summed E-state index contributed by atoms with van der Waals surface area (Å²) in [6, 6.07) is 16.2. The van der Waals surface area contributed by atoms with E-state index in [2.05, 4.69) is 41.6 Å². The molecule has 164 valence electrons. The van der Waals surface area contributed by atoms with Gasteiger partial charge in [-0.2, -0.15) is 0 Å². The van der Waals surface area contributed by atoms with E-state index < -0.39 is 6.10 Å². The Balaban J connectivity index is 1.49. The van der Waals surface area contributed by atoms with E-state index in [-0.39, 0.29) is 5.91 Å². The Kier molecular flexibility index (Phi) is 6.62. The van der Waals surface area contributed by atoms with Crippen molar-refractivity contribution in [2.24, 2.45) is 5.92 Å². The molecule has 2 atom stereocenters. The van der Waals surface area contributed by atoms with E-state index >= 15 is 0 Å². The first-order valence-corrected chi connectivity index (χ1v) is 11.4. The molecule has 5 heteroatoms. The van der Waals surface area contributed by atoms with Crippen LogP contribution in [0.25, 0.3) is 10.9 Å². The van der Waals surface area contributed by atoms with Crippen LogP contribution in [0.4, 0.5) is 5.69 Å². The van der Waals surface area contributed by atoms with E-state index in [9.17, 15) is 4.79 Å². The standard InChI is InChI=1S/C26H33N3O2/c1-4-25(31-20-8-6-5-7-9-20)26(30)28-19-11-13-24-22(15-19)21-14-18(16-27-17(2)3)10-12-23(21)29-24/h5-9,11,13,15,17-18,25,27,29H,4,10,12,14,16H2,1-3H3,(H,28,30). The van der Waals surface area contributed by atoms with Gasteiger partial charge in [-0.1, -0.05) is 39.0 Å². The van der Waals surface area contributed by atoms with Gasteiger partial charge < -0.3 is 20.4 Å². The predicted octanol–water partition coefficient (Wildman–Crippen LogP) is 5.07. The number of hydrogen-bond acceptors (Lipinski definition) is 3. The van der Waals surface area contributed by atoms with E-state index in [1.165, 1.54) is 23.1 Å². The number of aryl methyl sites for hydroxylation is 1. The number of aromatic amines is 1. The maximum atomic E-state index is 12.9. The summed E-state index contributed by atoms with van der Waals surface area (Å²) < 4.78 is 5.90. The first-order chi connectivity index (χ1) is 15.0. The number of H-pyrrole nitrogens is 1. The van der Waals surface area contributed by atoms with Gasteiger partial charge in [0.05, 0.1) is 0 Å². The molecule has 1 amide bonds. The van der Waals surface area contributed by atoms with Crippen molar-refractivity contribution in [3.05, 3.63) is 59.8 Å². The summed E-state index contributed by atoms with van der Waals surface area (Å²) in [6.45, 7) is 7.40. The summed E-state index contributed by atoms with van der Waals surface area (Å²) >= 11 is 0. The molecule has 1 aliphatic carbocycles. The number of carbonyl (C=O) groups excluding carboxylic acids is 1. The van der Waals surface area contributed by atoms with Gasteiger partial charge >= 0.3 is 0 Å². The molecule has 2 aromatic carbocycles. The highest BCUT2D eigenvalue weighted by Gasteiger charge is 2.23. The van der Waals surface area contributed by atoms with Gasteiger partial charge in [-0.05, 0) is 74.0 Å². The molecule has 1 aliphatic rings. The largest absolute Gasteiger partial charge is 0.481 e. The van der Waals surface area contributed by atoms with E-state index in [1.807, 2.05) is 43.3 Å². The van der Waals surface area contributed by atoms with Crippen molar-refractivity contribution in [3.8, 4) is 5.75 Å². The summed E-state index contributed by atoms with van der Waals surface area (Å²) in [5.74, 6) is 1.24. The van der Waals surface area contributed by atoms with Crippen LogP contribution in [0, 0.1) is 5.92 Å². The molecule has 5 nitrogen and oxygen atoms in total. The predicted molar refractivity (Wildman–Crippen MR) is 127 cm³/mol. The summed E-state index contributed by atoms with van der Waals surface area (Å²) in [5.41, 5.74) is 4.71. The van der Waals surface area contributed by atoms with Crippen LogP contribution >= 0.6 is 0 Å². The van der Waals surface area contributed by atoms with Gasteiger partial charge in [0.1, 0.15) is 5.75 Å². The minimum atomic E-state index is -0.523. The fraction of sp³-hybridized carbons (Fsp3) is 0.423. The van der Waals surface area contributed by atoms with Crippen LogP contribution < -0.4 is 15.4 Å². The number of carbonyl (C=O) groups is 1. The smallest absolute Gasteiger partial charge is 0.265 e. The quantitative estimate of drug-likeness (QED) is 0.478. The van der Waals surface area contributed by atoms with Gasteiger partial charge in [0.15, 0.2) is 6.10 Å². The summed E-state index contributed by atoms with van der Waals surface area (Å²) in [6.07, 6.45) is 3.44. The van der Waals surface area contributed by atoms with Gasteiger partial charge in [0.2, 0.25) is 0 Å². The number of anilines is 1. The Morgan fingerprint density at radius 3 is 2.74 bits per heavy atom. The number of para-hydroxylation sites is 1. The normalized spacial score (nSPS) is 16.8. The van der Waals surface area contributed by atoms with E-state index in [0.29, 0.717) is 24.1 Å². The highest BCUT2D eigenvalue weighted by Crippen LogP contribution is 2.33. The molecule has 1 aromatic heterocycles. The minimum Gasteiger partial charge on any atom is -0.481 e. The highest BCUT2D eigenvalue weighted by atomic mass is 16.5. The van der Waals surface area contributed by atoms with Crippen molar-refractivity contribution in [3.63, 3.8) is 0 Å². The average Bonchev–Trinajstić information content (AvgIpc) is 3.14. The highest BCUT2D eigenvalue weighted by molar-refractivity contribution is 5.97. The number of fused-ring (bicyclic) bond motifs is 3. The lowest BCUT2D eigenvalue weighted by molar-refractivity contribution is -0.122.